The number of likely N-dealkylation sites (tertiary alicyclic amines) is 2. The van der Waals surface area contributed by atoms with Crippen LogP contribution in [0.25, 0.3) is 0 Å². The number of halogens is 2. The van der Waals surface area contributed by atoms with Crippen molar-refractivity contribution in [2.75, 3.05) is 26.2 Å². The molecule has 0 aromatic heterocycles. The van der Waals surface area contributed by atoms with Crippen molar-refractivity contribution in [2.24, 2.45) is 0 Å². The Morgan fingerprint density at radius 1 is 1.20 bits per heavy atom. The summed E-state index contributed by atoms with van der Waals surface area (Å²) in [4.78, 5) is 15.7. The van der Waals surface area contributed by atoms with E-state index in [9.17, 15) is 13.6 Å². The largest absolute Gasteiger partial charge is 0.444 e. The Morgan fingerprint density at radius 2 is 1.80 bits per heavy atom. The van der Waals surface area contributed by atoms with Gasteiger partial charge in [0.2, 0.25) is 0 Å². The zero-order chi connectivity index (χ0) is 15.0. The minimum absolute atomic E-state index is 0.0735. The number of piperidine rings is 1. The molecule has 1 amide bonds. The first kappa shape index (κ1) is 15.5. The van der Waals surface area contributed by atoms with E-state index in [1.165, 1.54) is 0 Å². The van der Waals surface area contributed by atoms with Crippen molar-refractivity contribution in [1.29, 1.82) is 0 Å². The maximum atomic E-state index is 13.1. The molecule has 0 saturated carbocycles. The zero-order valence-electron chi connectivity index (χ0n) is 12.5. The number of amides is 1. The second-order valence-electron chi connectivity index (χ2n) is 6.76. The van der Waals surface area contributed by atoms with Crippen LogP contribution in [0, 0.1) is 0 Å². The van der Waals surface area contributed by atoms with Gasteiger partial charge in [0.15, 0.2) is 0 Å². The average Bonchev–Trinajstić information content (AvgIpc) is 2.76. The fourth-order valence-electron chi connectivity index (χ4n) is 2.75. The molecule has 2 heterocycles. The summed E-state index contributed by atoms with van der Waals surface area (Å²) in [5.74, 6) is -2.51. The van der Waals surface area contributed by atoms with Gasteiger partial charge in [0, 0.05) is 45.1 Å². The third-order valence-corrected chi connectivity index (χ3v) is 3.86. The molecule has 0 N–H and O–H groups in total. The molecule has 1 unspecified atom stereocenters. The molecule has 2 aliphatic rings. The van der Waals surface area contributed by atoms with Gasteiger partial charge in [0.1, 0.15) is 5.60 Å². The van der Waals surface area contributed by atoms with E-state index in [2.05, 4.69) is 4.90 Å². The van der Waals surface area contributed by atoms with Crippen molar-refractivity contribution in [1.82, 2.24) is 9.80 Å². The van der Waals surface area contributed by atoms with Gasteiger partial charge < -0.3 is 9.64 Å². The summed E-state index contributed by atoms with van der Waals surface area (Å²) in [5.41, 5.74) is -0.498. The lowest BCUT2D eigenvalue weighted by atomic mass is 10.0. The quantitative estimate of drug-likeness (QED) is 0.744. The highest BCUT2D eigenvalue weighted by molar-refractivity contribution is 5.68. The zero-order valence-corrected chi connectivity index (χ0v) is 12.5. The van der Waals surface area contributed by atoms with Gasteiger partial charge in [-0.2, -0.15) is 0 Å². The summed E-state index contributed by atoms with van der Waals surface area (Å²) in [5, 5.41) is 0. The number of hydrogen-bond donors (Lipinski definition) is 0. The Hall–Kier alpha value is -0.910. The van der Waals surface area contributed by atoms with Crippen LogP contribution in [0.2, 0.25) is 0 Å². The fraction of sp³-hybridized carbons (Fsp3) is 0.929. The van der Waals surface area contributed by atoms with E-state index < -0.39 is 11.5 Å². The molecule has 1 atom stereocenters. The third kappa shape index (κ3) is 4.04. The fourth-order valence-corrected chi connectivity index (χ4v) is 2.75. The van der Waals surface area contributed by atoms with Crippen LogP contribution in [0.1, 0.15) is 40.0 Å². The predicted octanol–water partition coefficient (Wildman–Crippen LogP) is 2.73. The second-order valence-corrected chi connectivity index (χ2v) is 6.76. The lowest BCUT2D eigenvalue weighted by Crippen LogP contribution is -2.46. The molecule has 4 nitrogen and oxygen atoms in total. The molecule has 0 aliphatic carbocycles. The first-order chi connectivity index (χ1) is 9.16. The molecule has 6 heteroatoms. The van der Waals surface area contributed by atoms with Crippen LogP contribution in [-0.2, 0) is 4.74 Å². The van der Waals surface area contributed by atoms with E-state index >= 15 is 0 Å². The normalized spacial score (nSPS) is 27.6. The van der Waals surface area contributed by atoms with Gasteiger partial charge >= 0.3 is 6.09 Å². The van der Waals surface area contributed by atoms with E-state index in [4.69, 9.17) is 4.74 Å². The minimum Gasteiger partial charge on any atom is -0.444 e. The van der Waals surface area contributed by atoms with Crippen LogP contribution >= 0.6 is 0 Å². The molecular weight excluding hydrogens is 266 g/mol. The van der Waals surface area contributed by atoms with Crippen molar-refractivity contribution >= 4 is 6.09 Å². The summed E-state index contributed by atoms with van der Waals surface area (Å²) < 4.78 is 31.6. The van der Waals surface area contributed by atoms with Gasteiger partial charge in [-0.25, -0.2) is 13.6 Å². The van der Waals surface area contributed by atoms with Gasteiger partial charge in [0.05, 0.1) is 0 Å². The SMILES string of the molecule is CC(C)(C)OC(=O)N1CCC(N2CCC(F)(F)CC2)C1. The molecule has 2 aliphatic heterocycles. The molecule has 0 aromatic carbocycles. The number of carbonyl (C=O) groups is 1. The number of ether oxygens (including phenoxy) is 1. The third-order valence-electron chi connectivity index (χ3n) is 3.86. The van der Waals surface area contributed by atoms with E-state index in [0.717, 1.165) is 6.42 Å². The number of nitrogens with zero attached hydrogens (tertiary/aromatic N) is 2. The van der Waals surface area contributed by atoms with E-state index in [1.54, 1.807) is 4.90 Å². The van der Waals surface area contributed by atoms with Gasteiger partial charge in [-0.15, -0.1) is 0 Å². The molecule has 2 fully saturated rings. The maximum absolute atomic E-state index is 13.1. The molecule has 116 valence electrons. The summed E-state index contributed by atoms with van der Waals surface area (Å²) in [7, 11) is 0. The van der Waals surface area contributed by atoms with Crippen LogP contribution < -0.4 is 0 Å². The summed E-state index contributed by atoms with van der Waals surface area (Å²) in [6, 6.07) is 0.193. The Kier molecular flexibility index (Phi) is 4.23. The summed E-state index contributed by atoms with van der Waals surface area (Å²) >= 11 is 0. The Balaban J connectivity index is 1.82. The van der Waals surface area contributed by atoms with E-state index in [-0.39, 0.29) is 25.0 Å². The first-order valence-electron chi connectivity index (χ1n) is 7.26. The predicted molar refractivity (Wildman–Crippen MR) is 72.0 cm³/mol. The van der Waals surface area contributed by atoms with Gasteiger partial charge in [-0.1, -0.05) is 0 Å². The number of hydrogen-bond acceptors (Lipinski definition) is 3. The standard InChI is InChI=1S/C14H24F2N2O2/c1-13(2,3)20-12(19)18-7-4-11(10-18)17-8-5-14(15,16)6-9-17/h11H,4-10H2,1-3H3. The van der Waals surface area contributed by atoms with Crippen LogP contribution in [0.4, 0.5) is 13.6 Å². The molecule has 0 aromatic rings. The van der Waals surface area contributed by atoms with E-state index in [1.807, 2.05) is 20.8 Å². The average molecular weight is 290 g/mol. The summed E-state index contributed by atoms with van der Waals surface area (Å²) in [6.45, 7) is 7.58. The smallest absolute Gasteiger partial charge is 0.410 e. The lowest BCUT2D eigenvalue weighted by molar-refractivity contribution is -0.0623. The van der Waals surface area contributed by atoms with Crippen LogP contribution in [-0.4, -0.2) is 59.6 Å². The topological polar surface area (TPSA) is 32.8 Å². The lowest BCUT2D eigenvalue weighted by Gasteiger charge is -2.35. The first-order valence-corrected chi connectivity index (χ1v) is 7.26. The van der Waals surface area contributed by atoms with Gasteiger partial charge in [-0.05, 0) is 27.2 Å². The molecule has 20 heavy (non-hydrogen) atoms. The van der Waals surface area contributed by atoms with Crippen LogP contribution in [0.3, 0.4) is 0 Å². The van der Waals surface area contributed by atoms with Crippen LogP contribution in [0.5, 0.6) is 0 Å². The Bertz CT molecular complexity index is 359. The van der Waals surface area contributed by atoms with Gasteiger partial charge in [-0.3, -0.25) is 4.90 Å². The van der Waals surface area contributed by atoms with Crippen molar-refractivity contribution in [2.45, 2.75) is 57.6 Å². The highest BCUT2D eigenvalue weighted by Crippen LogP contribution is 2.30. The molecule has 0 spiro atoms. The number of rotatable bonds is 1. The minimum atomic E-state index is -2.51. The monoisotopic (exact) mass is 290 g/mol. The second kappa shape index (κ2) is 5.47. The highest BCUT2D eigenvalue weighted by Gasteiger charge is 2.39. The van der Waals surface area contributed by atoms with Crippen molar-refractivity contribution in [3.63, 3.8) is 0 Å². The molecule has 0 bridgehead atoms. The number of carbonyl (C=O) groups excluding carboxylic acids is 1. The highest BCUT2D eigenvalue weighted by atomic mass is 19.3. The molecular formula is C14H24F2N2O2. The van der Waals surface area contributed by atoms with Crippen LogP contribution in [0.15, 0.2) is 0 Å². The molecule has 0 radical (unpaired) electrons. The maximum Gasteiger partial charge on any atom is 0.410 e. The van der Waals surface area contributed by atoms with Crippen molar-refractivity contribution < 1.29 is 18.3 Å². The van der Waals surface area contributed by atoms with Gasteiger partial charge in [0.25, 0.3) is 5.92 Å². The van der Waals surface area contributed by atoms with E-state index in [0.29, 0.717) is 26.2 Å². The van der Waals surface area contributed by atoms with Crippen molar-refractivity contribution in [3.8, 4) is 0 Å². The molecule has 2 saturated heterocycles. The molecule has 2 rings (SSSR count). The Labute approximate surface area is 119 Å². The van der Waals surface area contributed by atoms with Crippen molar-refractivity contribution in [3.05, 3.63) is 0 Å². The summed E-state index contributed by atoms with van der Waals surface area (Å²) in [6.07, 6.45) is 0.388. The number of alkyl halides is 2. The Morgan fingerprint density at radius 3 is 2.35 bits per heavy atom.